The van der Waals surface area contributed by atoms with E-state index < -0.39 is 6.23 Å². The summed E-state index contributed by atoms with van der Waals surface area (Å²) in [7, 11) is 0. The normalized spacial score (nSPS) is 22.9. The van der Waals surface area contributed by atoms with Crippen molar-refractivity contribution in [2.45, 2.75) is 50.0 Å². The Morgan fingerprint density at radius 1 is 1.14 bits per heavy atom. The third-order valence-corrected chi connectivity index (χ3v) is 9.21. The molecule has 1 saturated heterocycles. The van der Waals surface area contributed by atoms with Crippen LogP contribution in [-0.2, 0) is 22.7 Å². The number of thiocarbonyl (C=S) groups is 1. The fourth-order valence-corrected chi connectivity index (χ4v) is 6.84. The van der Waals surface area contributed by atoms with Gasteiger partial charge in [-0.25, -0.2) is 0 Å². The fraction of sp³-hybridized carbons (Fsp3) is 0.464. The lowest BCUT2D eigenvalue weighted by molar-refractivity contribution is -0.00992. The van der Waals surface area contributed by atoms with Gasteiger partial charge in [0.05, 0.1) is 6.61 Å². The number of aliphatic hydroxyl groups is 1. The third-order valence-electron chi connectivity index (χ3n) is 6.94. The van der Waals surface area contributed by atoms with Gasteiger partial charge in [-0.3, -0.25) is 4.90 Å². The highest BCUT2D eigenvalue weighted by Gasteiger charge is 2.42. The second-order valence-corrected chi connectivity index (χ2v) is 12.4. The first-order valence-electron chi connectivity index (χ1n) is 12.7. The van der Waals surface area contributed by atoms with Gasteiger partial charge in [-0.15, -0.1) is 37.0 Å². The van der Waals surface area contributed by atoms with Gasteiger partial charge in [0.15, 0.2) is 0 Å². The van der Waals surface area contributed by atoms with Crippen LogP contribution < -0.4 is 0 Å². The number of rotatable bonds is 12. The summed E-state index contributed by atoms with van der Waals surface area (Å²) in [6.45, 7) is 5.34. The lowest BCUT2D eigenvalue weighted by atomic mass is 9.98. The molecule has 1 fully saturated rings. The van der Waals surface area contributed by atoms with Crippen molar-refractivity contribution in [2.75, 3.05) is 25.4 Å². The smallest absolute Gasteiger partial charge is 0.134 e. The Morgan fingerprint density at radius 3 is 2.35 bits per heavy atom. The average molecular weight is 577 g/mol. The number of thioether (sulfide) groups is 1. The quantitative estimate of drug-likeness (QED) is 0.226. The summed E-state index contributed by atoms with van der Waals surface area (Å²) in [5.74, 6) is 1.84. The summed E-state index contributed by atoms with van der Waals surface area (Å²) in [4.78, 5) is 4.12. The van der Waals surface area contributed by atoms with Crippen LogP contribution >= 0.6 is 49.2 Å². The topological polar surface area (TPSA) is 45.2 Å². The summed E-state index contributed by atoms with van der Waals surface area (Å²) >= 11 is 16.2. The van der Waals surface area contributed by atoms with E-state index in [0.717, 1.165) is 54.3 Å². The van der Waals surface area contributed by atoms with Gasteiger partial charge in [0.25, 0.3) is 0 Å². The maximum absolute atomic E-state index is 11.5. The monoisotopic (exact) mass is 576 g/mol. The van der Waals surface area contributed by atoms with Crippen molar-refractivity contribution in [1.29, 1.82) is 0 Å². The molecule has 200 valence electrons. The number of benzene rings is 2. The van der Waals surface area contributed by atoms with Gasteiger partial charge in [-0.1, -0.05) is 72.9 Å². The van der Waals surface area contributed by atoms with Crippen molar-refractivity contribution < 1.29 is 14.6 Å². The molecule has 2 aromatic rings. The Morgan fingerprint density at radius 2 is 1.78 bits per heavy atom. The molecule has 5 nitrogen and oxygen atoms in total. The molecule has 1 heterocycles. The van der Waals surface area contributed by atoms with E-state index in [-0.39, 0.29) is 16.7 Å². The Kier molecular flexibility index (Phi) is 11.1. The minimum Gasteiger partial charge on any atom is -0.490 e. The highest BCUT2D eigenvalue weighted by molar-refractivity contribution is 8.11. The minimum absolute atomic E-state index is 0.0438. The first kappa shape index (κ1) is 28.8. The molecule has 1 aliphatic carbocycles. The molecular formula is C28H36N2O3S4. The van der Waals surface area contributed by atoms with E-state index in [2.05, 4.69) is 48.7 Å². The second-order valence-electron chi connectivity index (χ2n) is 9.30. The van der Waals surface area contributed by atoms with E-state index in [4.69, 9.17) is 34.3 Å². The van der Waals surface area contributed by atoms with E-state index in [1.54, 1.807) is 11.8 Å². The number of ether oxygens (including phenoxy) is 2. The minimum atomic E-state index is -0.760. The van der Waals surface area contributed by atoms with Gasteiger partial charge in [-0.2, -0.15) is 0 Å². The number of hydrogen-bond donors (Lipinski definition) is 3. The van der Waals surface area contributed by atoms with Gasteiger partial charge in [0.1, 0.15) is 33.7 Å². The molecule has 0 spiro atoms. The van der Waals surface area contributed by atoms with Gasteiger partial charge in [-0.05, 0) is 36.8 Å². The second kappa shape index (κ2) is 14.3. The molecular weight excluding hydrogens is 541 g/mol. The first-order chi connectivity index (χ1) is 18.0. The Balaban J connectivity index is 1.61. The van der Waals surface area contributed by atoms with Crippen molar-refractivity contribution in [3.8, 4) is 0 Å². The average Bonchev–Trinajstić information content (AvgIpc) is 3.50. The molecule has 1 N–H and O–H groups in total. The largest absolute Gasteiger partial charge is 0.490 e. The number of nitrogens with zero attached hydrogens (tertiary/aromatic N) is 2. The molecule has 0 bridgehead atoms. The lowest BCUT2D eigenvalue weighted by Gasteiger charge is -2.28. The van der Waals surface area contributed by atoms with Crippen LogP contribution in [0.2, 0.25) is 0 Å². The van der Waals surface area contributed by atoms with Crippen LogP contribution in [0.3, 0.4) is 0 Å². The molecule has 2 aromatic carbocycles. The van der Waals surface area contributed by atoms with Crippen LogP contribution in [0.15, 0.2) is 72.0 Å². The Bertz CT molecular complexity index is 1040. The van der Waals surface area contributed by atoms with Gasteiger partial charge in [0, 0.05) is 31.0 Å². The van der Waals surface area contributed by atoms with E-state index in [9.17, 15) is 5.11 Å². The molecule has 2 aliphatic rings. The van der Waals surface area contributed by atoms with Crippen molar-refractivity contribution in [1.82, 2.24) is 9.80 Å². The van der Waals surface area contributed by atoms with Crippen LogP contribution in [0.25, 0.3) is 0 Å². The number of thiol groups is 2. The molecule has 4 unspecified atom stereocenters. The summed E-state index contributed by atoms with van der Waals surface area (Å²) < 4.78 is 13.7. The van der Waals surface area contributed by atoms with E-state index >= 15 is 0 Å². The molecule has 4 atom stereocenters. The zero-order valence-electron chi connectivity index (χ0n) is 21.1. The summed E-state index contributed by atoms with van der Waals surface area (Å²) in [6.07, 6.45) is 0.517. The Labute approximate surface area is 241 Å². The van der Waals surface area contributed by atoms with E-state index in [0.29, 0.717) is 24.0 Å². The molecule has 0 aromatic heterocycles. The number of hydrogen-bond acceptors (Lipinski definition) is 7. The van der Waals surface area contributed by atoms with Crippen LogP contribution in [-0.4, -0.2) is 61.7 Å². The van der Waals surface area contributed by atoms with Crippen molar-refractivity contribution >= 4 is 53.6 Å². The van der Waals surface area contributed by atoms with E-state index in [1.807, 2.05) is 41.3 Å². The van der Waals surface area contributed by atoms with Crippen LogP contribution in [0, 0.1) is 5.92 Å². The zero-order chi connectivity index (χ0) is 26.2. The molecule has 0 saturated carbocycles. The molecule has 0 radical (unpaired) electrons. The lowest BCUT2D eigenvalue weighted by Crippen LogP contribution is -2.38. The molecule has 0 amide bonds. The van der Waals surface area contributed by atoms with Crippen LogP contribution in [0.1, 0.15) is 30.9 Å². The molecule has 1 aliphatic heterocycles. The van der Waals surface area contributed by atoms with Gasteiger partial charge < -0.3 is 19.5 Å². The highest BCUT2D eigenvalue weighted by atomic mass is 32.2. The van der Waals surface area contributed by atoms with Crippen LogP contribution in [0.4, 0.5) is 0 Å². The van der Waals surface area contributed by atoms with Gasteiger partial charge in [0.2, 0.25) is 0 Å². The van der Waals surface area contributed by atoms with E-state index in [1.165, 1.54) is 0 Å². The summed E-state index contributed by atoms with van der Waals surface area (Å²) in [6, 6.07) is 20.3. The summed E-state index contributed by atoms with van der Waals surface area (Å²) in [5.41, 5.74) is 3.09. The highest BCUT2D eigenvalue weighted by Crippen LogP contribution is 2.42. The summed E-state index contributed by atoms with van der Waals surface area (Å²) in [5, 5.41) is 11.5. The fourth-order valence-electron chi connectivity index (χ4n) is 4.88. The van der Waals surface area contributed by atoms with Crippen LogP contribution in [0.5, 0.6) is 0 Å². The Hall–Kier alpha value is -1.20. The maximum atomic E-state index is 11.5. The molecule has 4 rings (SSSR count). The maximum Gasteiger partial charge on any atom is 0.134 e. The SMILES string of the molecule is CCN(CCC1CC(C(O)N2CCSC2S)=C(OCc2ccccc2)C1OCc1ccccc1)C(=S)S. The number of aliphatic hydroxyl groups excluding tert-OH is 1. The van der Waals surface area contributed by atoms with Crippen molar-refractivity contribution in [3.63, 3.8) is 0 Å². The van der Waals surface area contributed by atoms with Crippen molar-refractivity contribution in [2.24, 2.45) is 5.92 Å². The molecule has 37 heavy (non-hydrogen) atoms. The predicted octanol–water partition coefficient (Wildman–Crippen LogP) is 5.57. The van der Waals surface area contributed by atoms with Gasteiger partial charge >= 0.3 is 0 Å². The molecule has 9 heteroatoms. The third kappa shape index (κ3) is 7.68. The predicted molar refractivity (Wildman–Crippen MR) is 163 cm³/mol. The standard InChI is InChI=1S/C28H36N2O3S4/c1-2-29(27(34)35)14-13-22-17-23(26(31)30-15-16-37-28(30)36)25(33-19-21-11-7-4-8-12-21)24(22)32-18-20-9-5-3-6-10-20/h3-12,22,24,26,28,31,36H,2,13-19H2,1H3,(H,34,35). The van der Waals surface area contributed by atoms with Crippen molar-refractivity contribution in [3.05, 3.63) is 83.1 Å². The zero-order valence-corrected chi connectivity index (χ0v) is 24.5. The first-order valence-corrected chi connectivity index (χ1v) is 15.2.